The van der Waals surface area contributed by atoms with Crippen LogP contribution in [-0.4, -0.2) is 45.9 Å². The Morgan fingerprint density at radius 1 is 1.21 bits per heavy atom. The number of likely N-dealkylation sites (N-methyl/N-ethyl adjacent to an activating group) is 1. The van der Waals surface area contributed by atoms with Crippen molar-refractivity contribution in [1.82, 2.24) is 15.0 Å². The van der Waals surface area contributed by atoms with E-state index in [0.29, 0.717) is 29.5 Å². The van der Waals surface area contributed by atoms with Crippen LogP contribution in [0.4, 0.5) is 17.2 Å². The van der Waals surface area contributed by atoms with Gasteiger partial charge in [-0.15, -0.1) is 0 Å². The number of anilines is 3. The third kappa shape index (κ3) is 4.70. The summed E-state index contributed by atoms with van der Waals surface area (Å²) in [6, 6.07) is 1.90. The molecule has 8 nitrogen and oxygen atoms in total. The van der Waals surface area contributed by atoms with Gasteiger partial charge in [-0.25, -0.2) is 9.97 Å². The van der Waals surface area contributed by atoms with E-state index in [0.717, 1.165) is 30.8 Å². The van der Waals surface area contributed by atoms with E-state index in [-0.39, 0.29) is 23.3 Å². The molecule has 33 heavy (non-hydrogen) atoms. The Bertz CT molecular complexity index is 1040. The maximum atomic E-state index is 13.1. The predicted octanol–water partition coefficient (Wildman–Crippen LogP) is 4.42. The Kier molecular flexibility index (Phi) is 6.36. The lowest BCUT2D eigenvalue weighted by atomic mass is 9.92. The first-order valence-corrected chi connectivity index (χ1v) is 11.9. The molecule has 1 aliphatic carbocycles. The molecule has 0 radical (unpaired) electrons. The highest BCUT2D eigenvalue weighted by Gasteiger charge is 2.41. The lowest BCUT2D eigenvalue weighted by Gasteiger charge is -2.43. The molecular formula is C25H34N6O2. The minimum absolute atomic E-state index is 0.0707. The Morgan fingerprint density at radius 3 is 2.61 bits per heavy atom. The van der Waals surface area contributed by atoms with Gasteiger partial charge in [-0.05, 0) is 30.7 Å². The monoisotopic (exact) mass is 450 g/mol. The van der Waals surface area contributed by atoms with Gasteiger partial charge in [0.2, 0.25) is 11.8 Å². The quantitative estimate of drug-likeness (QED) is 0.725. The van der Waals surface area contributed by atoms with E-state index in [1.807, 2.05) is 26.8 Å². The molecule has 2 amide bonds. The van der Waals surface area contributed by atoms with E-state index in [2.05, 4.69) is 27.1 Å². The van der Waals surface area contributed by atoms with Crippen molar-refractivity contribution in [2.75, 3.05) is 22.2 Å². The van der Waals surface area contributed by atoms with Gasteiger partial charge < -0.3 is 15.1 Å². The van der Waals surface area contributed by atoms with Gasteiger partial charge in [0.25, 0.3) is 0 Å². The van der Waals surface area contributed by atoms with Crippen LogP contribution in [0.3, 0.4) is 0 Å². The highest BCUT2D eigenvalue weighted by atomic mass is 16.2. The first-order chi connectivity index (χ1) is 15.7. The lowest BCUT2D eigenvalue weighted by Crippen LogP contribution is -2.55. The number of nitrogens with one attached hydrogen (secondary N) is 1. The van der Waals surface area contributed by atoms with Crippen molar-refractivity contribution in [1.29, 1.82) is 0 Å². The molecule has 0 aromatic carbocycles. The number of hydrogen-bond donors (Lipinski definition) is 1. The molecule has 2 aromatic heterocycles. The Hall–Kier alpha value is -3.03. The predicted molar refractivity (Wildman–Crippen MR) is 130 cm³/mol. The van der Waals surface area contributed by atoms with Gasteiger partial charge in [0.15, 0.2) is 11.6 Å². The molecule has 0 bridgehead atoms. The Labute approximate surface area is 195 Å². The van der Waals surface area contributed by atoms with E-state index in [1.54, 1.807) is 30.5 Å². The first kappa shape index (κ1) is 23.1. The van der Waals surface area contributed by atoms with E-state index in [4.69, 9.17) is 4.98 Å². The molecule has 1 N–H and O–H groups in total. The largest absolute Gasteiger partial charge is 0.340 e. The third-order valence-corrected chi connectivity index (χ3v) is 6.44. The summed E-state index contributed by atoms with van der Waals surface area (Å²) in [7, 11) is 1.80. The molecule has 1 unspecified atom stereocenters. The molecule has 0 saturated heterocycles. The van der Waals surface area contributed by atoms with E-state index < -0.39 is 0 Å². The second-order valence-electron chi connectivity index (χ2n) is 10.3. The summed E-state index contributed by atoms with van der Waals surface area (Å²) in [6.07, 6.45) is 10.6. The third-order valence-electron chi connectivity index (χ3n) is 6.44. The van der Waals surface area contributed by atoms with Gasteiger partial charge in [-0.2, -0.15) is 0 Å². The van der Waals surface area contributed by atoms with Gasteiger partial charge >= 0.3 is 0 Å². The van der Waals surface area contributed by atoms with Crippen molar-refractivity contribution in [2.45, 2.75) is 78.3 Å². The highest BCUT2D eigenvalue weighted by Crippen LogP contribution is 2.40. The molecule has 1 saturated carbocycles. The summed E-state index contributed by atoms with van der Waals surface area (Å²) in [4.78, 5) is 43.4. The molecule has 1 fully saturated rings. The van der Waals surface area contributed by atoms with Crippen molar-refractivity contribution in [2.24, 2.45) is 5.41 Å². The second-order valence-corrected chi connectivity index (χ2v) is 10.3. The molecule has 8 heteroatoms. The zero-order chi connectivity index (χ0) is 23.8. The van der Waals surface area contributed by atoms with Crippen LogP contribution in [-0.2, 0) is 9.59 Å². The van der Waals surface area contributed by atoms with Crippen molar-refractivity contribution in [3.05, 3.63) is 24.7 Å². The Balaban J connectivity index is 1.75. The van der Waals surface area contributed by atoms with Crippen molar-refractivity contribution in [3.63, 3.8) is 0 Å². The maximum absolute atomic E-state index is 13.1. The summed E-state index contributed by atoms with van der Waals surface area (Å²) >= 11 is 0. The summed E-state index contributed by atoms with van der Waals surface area (Å²) in [5, 5.41) is 2.99. The Morgan fingerprint density at radius 2 is 1.94 bits per heavy atom. The van der Waals surface area contributed by atoms with Crippen LogP contribution in [0.2, 0.25) is 0 Å². The standard InChI is InChI=1S/C25H34N6O2/c1-6-19-24(33)30(5)20-15-27-22(29-23(20)31(19)16-9-7-8-10-16)17-11-12-26-14-18(17)28-21(32)13-25(2,3)4/h11-12,14-16,19H,6-10,13H2,1-5H3,(H,28,32). The molecular weight excluding hydrogens is 416 g/mol. The molecule has 2 aromatic rings. The molecule has 4 rings (SSSR count). The van der Waals surface area contributed by atoms with E-state index in [9.17, 15) is 9.59 Å². The number of carbonyl (C=O) groups is 2. The van der Waals surface area contributed by atoms with Crippen LogP contribution >= 0.6 is 0 Å². The number of pyridine rings is 1. The van der Waals surface area contributed by atoms with Gasteiger partial charge in [0.1, 0.15) is 11.7 Å². The highest BCUT2D eigenvalue weighted by molar-refractivity contribution is 6.04. The van der Waals surface area contributed by atoms with Crippen LogP contribution in [0, 0.1) is 5.41 Å². The summed E-state index contributed by atoms with van der Waals surface area (Å²) < 4.78 is 0. The van der Waals surface area contributed by atoms with Crippen LogP contribution in [0.25, 0.3) is 11.4 Å². The fourth-order valence-corrected chi connectivity index (χ4v) is 4.88. The summed E-state index contributed by atoms with van der Waals surface area (Å²) in [6.45, 7) is 8.14. The first-order valence-electron chi connectivity index (χ1n) is 11.9. The number of amides is 2. The van der Waals surface area contributed by atoms with Gasteiger partial charge in [0, 0.05) is 31.3 Å². The van der Waals surface area contributed by atoms with Gasteiger partial charge in [-0.1, -0.05) is 40.5 Å². The molecule has 0 spiro atoms. The molecule has 3 heterocycles. The number of rotatable bonds is 5. The number of nitrogens with zero attached hydrogens (tertiary/aromatic N) is 5. The van der Waals surface area contributed by atoms with Crippen molar-refractivity contribution in [3.8, 4) is 11.4 Å². The van der Waals surface area contributed by atoms with E-state index in [1.165, 1.54) is 12.8 Å². The van der Waals surface area contributed by atoms with Crippen LogP contribution < -0.4 is 15.1 Å². The summed E-state index contributed by atoms with van der Waals surface area (Å²) in [5.41, 5.74) is 1.91. The van der Waals surface area contributed by atoms with Gasteiger partial charge in [0.05, 0.1) is 18.1 Å². The van der Waals surface area contributed by atoms with Crippen molar-refractivity contribution >= 4 is 29.0 Å². The second kappa shape index (κ2) is 9.08. The van der Waals surface area contributed by atoms with Crippen LogP contribution in [0.1, 0.15) is 66.2 Å². The maximum Gasteiger partial charge on any atom is 0.249 e. The topological polar surface area (TPSA) is 91.3 Å². The zero-order valence-electron chi connectivity index (χ0n) is 20.3. The fourth-order valence-electron chi connectivity index (χ4n) is 4.88. The average Bonchev–Trinajstić information content (AvgIpc) is 3.29. The molecule has 176 valence electrons. The number of carbonyl (C=O) groups excluding carboxylic acids is 2. The number of hydrogen-bond acceptors (Lipinski definition) is 6. The molecule has 2 aliphatic rings. The average molecular weight is 451 g/mol. The minimum atomic E-state index is -0.225. The van der Waals surface area contributed by atoms with Gasteiger partial charge in [-0.3, -0.25) is 14.6 Å². The number of aromatic nitrogens is 3. The SMILES string of the molecule is CCC1C(=O)N(C)c2cnc(-c3ccncc3NC(=O)CC(C)(C)C)nc2N1C1CCCC1. The minimum Gasteiger partial charge on any atom is -0.340 e. The van der Waals surface area contributed by atoms with E-state index >= 15 is 0 Å². The van der Waals surface area contributed by atoms with Crippen molar-refractivity contribution < 1.29 is 9.59 Å². The van der Waals surface area contributed by atoms with Crippen LogP contribution in [0.15, 0.2) is 24.7 Å². The fraction of sp³-hybridized carbons (Fsp3) is 0.560. The smallest absolute Gasteiger partial charge is 0.249 e. The lowest BCUT2D eigenvalue weighted by molar-refractivity contribution is -0.120. The zero-order valence-corrected chi connectivity index (χ0v) is 20.3. The molecule has 1 atom stereocenters. The number of fused-ring (bicyclic) bond motifs is 1. The summed E-state index contributed by atoms with van der Waals surface area (Å²) in [5.74, 6) is 1.33. The molecule has 1 aliphatic heterocycles. The van der Waals surface area contributed by atoms with Crippen LogP contribution in [0.5, 0.6) is 0 Å². The normalized spacial score (nSPS) is 19.1.